The molecule has 0 aliphatic rings. The summed E-state index contributed by atoms with van der Waals surface area (Å²) in [4.78, 5) is 19.8. The maximum atomic E-state index is 11.7. The molecular formula is C15H17BrN4O. The molecule has 0 atom stereocenters. The summed E-state index contributed by atoms with van der Waals surface area (Å²) in [7, 11) is 0. The van der Waals surface area contributed by atoms with E-state index in [0.29, 0.717) is 25.5 Å². The molecule has 21 heavy (non-hydrogen) atoms. The molecule has 0 saturated carbocycles. The molecule has 2 N–H and O–H groups in total. The average Bonchev–Trinajstić information content (AvgIpc) is 2.52. The fraction of sp³-hybridized carbons (Fsp3) is 0.267. The highest BCUT2D eigenvalue weighted by atomic mass is 79.9. The molecule has 6 heteroatoms. The number of amides is 1. The second kappa shape index (κ2) is 8.36. The number of benzene rings is 1. The number of anilines is 1. The topological polar surface area (TPSA) is 66.9 Å². The standard InChI is InChI=1S/C15H17BrN4O/c16-13-6-4-12(5-7-13)11-20-14(21)3-1-8-17-15-18-9-2-10-19-15/h2,4-7,9-10H,1,3,8,11H2,(H,20,21)(H,17,18,19). The SMILES string of the molecule is O=C(CCCNc1ncccn1)NCc1ccc(Br)cc1. The van der Waals surface area contributed by atoms with E-state index >= 15 is 0 Å². The number of hydrogen-bond donors (Lipinski definition) is 2. The zero-order valence-electron chi connectivity index (χ0n) is 11.6. The minimum Gasteiger partial charge on any atom is -0.354 e. The summed E-state index contributed by atoms with van der Waals surface area (Å²) in [6, 6.07) is 9.66. The minimum absolute atomic E-state index is 0.0497. The van der Waals surface area contributed by atoms with Crippen LogP contribution in [0, 0.1) is 0 Å². The number of nitrogens with zero attached hydrogens (tertiary/aromatic N) is 2. The molecular weight excluding hydrogens is 332 g/mol. The second-order valence-electron chi connectivity index (χ2n) is 4.51. The van der Waals surface area contributed by atoms with Crippen LogP contribution in [0.1, 0.15) is 18.4 Å². The molecule has 5 nitrogen and oxygen atoms in total. The molecule has 0 bridgehead atoms. The van der Waals surface area contributed by atoms with Gasteiger partial charge in [-0.15, -0.1) is 0 Å². The molecule has 0 unspecified atom stereocenters. The molecule has 2 rings (SSSR count). The summed E-state index contributed by atoms with van der Waals surface area (Å²) in [5, 5.41) is 5.98. The van der Waals surface area contributed by atoms with E-state index in [9.17, 15) is 4.79 Å². The van der Waals surface area contributed by atoms with Gasteiger partial charge in [0.05, 0.1) is 0 Å². The van der Waals surface area contributed by atoms with Gasteiger partial charge in [0.25, 0.3) is 0 Å². The number of aromatic nitrogens is 2. The number of halogens is 1. The van der Waals surface area contributed by atoms with Crippen molar-refractivity contribution in [2.24, 2.45) is 0 Å². The highest BCUT2D eigenvalue weighted by Gasteiger charge is 2.01. The molecule has 110 valence electrons. The van der Waals surface area contributed by atoms with E-state index in [4.69, 9.17) is 0 Å². The number of carbonyl (C=O) groups is 1. The van der Waals surface area contributed by atoms with E-state index in [2.05, 4.69) is 36.5 Å². The van der Waals surface area contributed by atoms with E-state index < -0.39 is 0 Å². The lowest BCUT2D eigenvalue weighted by Crippen LogP contribution is -2.23. The Kier molecular flexibility index (Phi) is 6.15. The van der Waals surface area contributed by atoms with Gasteiger partial charge < -0.3 is 10.6 Å². The molecule has 1 amide bonds. The Balaban J connectivity index is 1.60. The summed E-state index contributed by atoms with van der Waals surface area (Å²) in [5.41, 5.74) is 1.09. The van der Waals surface area contributed by atoms with Gasteiger partial charge in [-0.2, -0.15) is 0 Å². The lowest BCUT2D eigenvalue weighted by atomic mass is 10.2. The lowest BCUT2D eigenvalue weighted by Gasteiger charge is -2.06. The summed E-state index contributed by atoms with van der Waals surface area (Å²) in [5.74, 6) is 0.640. The van der Waals surface area contributed by atoms with Crippen molar-refractivity contribution in [3.05, 3.63) is 52.8 Å². The van der Waals surface area contributed by atoms with Gasteiger partial charge in [-0.25, -0.2) is 9.97 Å². The maximum Gasteiger partial charge on any atom is 0.222 e. The third-order valence-corrected chi connectivity index (χ3v) is 3.36. The van der Waals surface area contributed by atoms with Crippen molar-refractivity contribution >= 4 is 27.8 Å². The zero-order valence-corrected chi connectivity index (χ0v) is 13.1. The molecule has 0 radical (unpaired) electrons. The van der Waals surface area contributed by atoms with Crippen LogP contribution in [0.25, 0.3) is 0 Å². The second-order valence-corrected chi connectivity index (χ2v) is 5.42. The van der Waals surface area contributed by atoms with Crippen LogP contribution < -0.4 is 10.6 Å². The van der Waals surface area contributed by atoms with Crippen molar-refractivity contribution in [1.29, 1.82) is 0 Å². The van der Waals surface area contributed by atoms with Crippen LogP contribution in [-0.2, 0) is 11.3 Å². The third kappa shape index (κ3) is 5.91. The molecule has 0 spiro atoms. The predicted molar refractivity (Wildman–Crippen MR) is 85.7 cm³/mol. The first-order valence-corrected chi connectivity index (χ1v) is 7.55. The van der Waals surface area contributed by atoms with Gasteiger partial charge in [0, 0.05) is 36.4 Å². The van der Waals surface area contributed by atoms with Gasteiger partial charge in [0.2, 0.25) is 11.9 Å². The Morgan fingerprint density at radius 3 is 2.57 bits per heavy atom. The number of nitrogens with one attached hydrogen (secondary N) is 2. The molecule has 1 aromatic heterocycles. The van der Waals surface area contributed by atoms with Crippen molar-refractivity contribution in [2.75, 3.05) is 11.9 Å². The zero-order chi connectivity index (χ0) is 14.9. The molecule has 0 aliphatic carbocycles. The van der Waals surface area contributed by atoms with Gasteiger partial charge in [0.15, 0.2) is 0 Å². The maximum absolute atomic E-state index is 11.7. The summed E-state index contributed by atoms with van der Waals surface area (Å²) in [6.07, 6.45) is 4.58. The number of rotatable bonds is 7. The van der Waals surface area contributed by atoms with E-state index in [1.165, 1.54) is 0 Å². The number of carbonyl (C=O) groups excluding carboxylic acids is 1. The normalized spacial score (nSPS) is 10.1. The Hall–Kier alpha value is -1.95. The first kappa shape index (κ1) is 15.4. The van der Waals surface area contributed by atoms with Crippen LogP contribution in [0.15, 0.2) is 47.2 Å². The van der Waals surface area contributed by atoms with E-state index in [0.717, 1.165) is 16.5 Å². The Morgan fingerprint density at radius 2 is 1.86 bits per heavy atom. The van der Waals surface area contributed by atoms with Crippen LogP contribution in [0.3, 0.4) is 0 Å². The fourth-order valence-corrected chi connectivity index (χ4v) is 2.00. The van der Waals surface area contributed by atoms with Crippen molar-refractivity contribution in [1.82, 2.24) is 15.3 Å². The largest absolute Gasteiger partial charge is 0.354 e. The van der Waals surface area contributed by atoms with Crippen molar-refractivity contribution < 1.29 is 4.79 Å². The van der Waals surface area contributed by atoms with E-state index in [-0.39, 0.29) is 5.91 Å². The van der Waals surface area contributed by atoms with Crippen LogP contribution in [-0.4, -0.2) is 22.4 Å². The molecule has 1 aromatic carbocycles. The highest BCUT2D eigenvalue weighted by molar-refractivity contribution is 9.10. The first-order chi connectivity index (χ1) is 10.2. The summed E-state index contributed by atoms with van der Waals surface area (Å²) < 4.78 is 1.03. The molecule has 0 saturated heterocycles. The van der Waals surface area contributed by atoms with Crippen LogP contribution in [0.4, 0.5) is 5.95 Å². The van der Waals surface area contributed by atoms with Crippen molar-refractivity contribution in [2.45, 2.75) is 19.4 Å². The molecule has 0 aliphatic heterocycles. The Labute approximate surface area is 132 Å². The molecule has 2 aromatic rings. The van der Waals surface area contributed by atoms with E-state index in [1.807, 2.05) is 24.3 Å². The van der Waals surface area contributed by atoms with Gasteiger partial charge in [0.1, 0.15) is 0 Å². The quantitative estimate of drug-likeness (QED) is 0.755. The third-order valence-electron chi connectivity index (χ3n) is 2.83. The summed E-state index contributed by atoms with van der Waals surface area (Å²) in [6.45, 7) is 1.23. The smallest absolute Gasteiger partial charge is 0.222 e. The molecule has 0 fully saturated rings. The van der Waals surface area contributed by atoms with Gasteiger partial charge >= 0.3 is 0 Å². The van der Waals surface area contributed by atoms with Gasteiger partial charge in [-0.1, -0.05) is 28.1 Å². The summed E-state index contributed by atoms with van der Waals surface area (Å²) >= 11 is 3.38. The Morgan fingerprint density at radius 1 is 1.14 bits per heavy atom. The first-order valence-electron chi connectivity index (χ1n) is 6.76. The van der Waals surface area contributed by atoms with Gasteiger partial charge in [-0.3, -0.25) is 4.79 Å². The highest BCUT2D eigenvalue weighted by Crippen LogP contribution is 2.10. The minimum atomic E-state index is 0.0497. The van der Waals surface area contributed by atoms with Crippen LogP contribution in [0.5, 0.6) is 0 Å². The van der Waals surface area contributed by atoms with Crippen LogP contribution >= 0.6 is 15.9 Å². The van der Waals surface area contributed by atoms with Crippen molar-refractivity contribution in [3.8, 4) is 0 Å². The van der Waals surface area contributed by atoms with Crippen molar-refractivity contribution in [3.63, 3.8) is 0 Å². The van der Waals surface area contributed by atoms with E-state index in [1.54, 1.807) is 18.5 Å². The number of hydrogen-bond acceptors (Lipinski definition) is 4. The van der Waals surface area contributed by atoms with Crippen LogP contribution in [0.2, 0.25) is 0 Å². The average molecular weight is 349 g/mol. The molecule has 1 heterocycles. The lowest BCUT2D eigenvalue weighted by molar-refractivity contribution is -0.121. The fourth-order valence-electron chi connectivity index (χ4n) is 1.73. The Bertz CT molecular complexity index is 560. The predicted octanol–water partition coefficient (Wildman–Crippen LogP) is 2.75. The monoisotopic (exact) mass is 348 g/mol. The van der Waals surface area contributed by atoms with Gasteiger partial charge in [-0.05, 0) is 30.2 Å².